The lowest BCUT2D eigenvalue weighted by molar-refractivity contribution is 0.0951. The van der Waals surface area contributed by atoms with Gasteiger partial charge in [-0.2, -0.15) is 0 Å². The Balaban J connectivity index is 2.07. The van der Waals surface area contributed by atoms with Gasteiger partial charge in [-0.15, -0.1) is 5.92 Å². The number of nitrogens with two attached hydrogens (primary N) is 1. The molecule has 0 aliphatic rings. The van der Waals surface area contributed by atoms with Crippen LogP contribution in [-0.2, 0) is 6.54 Å². The summed E-state index contributed by atoms with van der Waals surface area (Å²) in [7, 11) is 0. The van der Waals surface area contributed by atoms with Crippen LogP contribution in [0.25, 0.3) is 0 Å². The van der Waals surface area contributed by atoms with Gasteiger partial charge in [0.15, 0.2) is 11.6 Å². The van der Waals surface area contributed by atoms with E-state index < -0.39 is 11.7 Å². The van der Waals surface area contributed by atoms with Gasteiger partial charge in [0.2, 0.25) is 0 Å². The molecule has 1 amide bonds. The normalized spacial score (nSPS) is 9.79. The molecule has 0 aliphatic carbocycles. The molecule has 0 saturated heterocycles. The van der Waals surface area contributed by atoms with E-state index in [9.17, 15) is 9.18 Å². The van der Waals surface area contributed by atoms with Crippen LogP contribution in [0.15, 0.2) is 30.3 Å². The number of aryl methyl sites for hydroxylation is 1. The highest BCUT2D eigenvalue weighted by molar-refractivity contribution is 5.98. The van der Waals surface area contributed by atoms with Crippen LogP contribution < -0.4 is 15.8 Å². The number of anilines is 1. The zero-order valence-electron chi connectivity index (χ0n) is 13.5. The number of nitrogen functional groups attached to an aromatic ring is 1. The predicted molar refractivity (Wildman–Crippen MR) is 89.9 cm³/mol. The molecule has 0 unspecified atom stereocenters. The predicted octanol–water partition coefficient (Wildman–Crippen LogP) is 2.44. The molecule has 2 rings (SSSR count). The van der Waals surface area contributed by atoms with Crippen molar-refractivity contribution in [2.45, 2.75) is 20.4 Å². The molecule has 0 atom stereocenters. The number of ether oxygens (including phenoxy) is 1. The molecule has 0 aliphatic heterocycles. The van der Waals surface area contributed by atoms with E-state index >= 15 is 0 Å². The van der Waals surface area contributed by atoms with Crippen LogP contribution >= 0.6 is 0 Å². The summed E-state index contributed by atoms with van der Waals surface area (Å²) >= 11 is 0. The summed E-state index contributed by atoms with van der Waals surface area (Å²) in [6.45, 7) is 3.57. The summed E-state index contributed by atoms with van der Waals surface area (Å²) in [5.41, 5.74) is 7.02. The minimum atomic E-state index is -0.522. The van der Waals surface area contributed by atoms with Gasteiger partial charge in [-0.1, -0.05) is 18.1 Å². The van der Waals surface area contributed by atoms with Crippen molar-refractivity contribution in [3.05, 3.63) is 53.0 Å². The second-order valence-corrected chi connectivity index (χ2v) is 5.01. The van der Waals surface area contributed by atoms with Crippen LogP contribution in [0.1, 0.15) is 28.5 Å². The van der Waals surface area contributed by atoms with Crippen molar-refractivity contribution in [3.8, 4) is 17.6 Å². The molecule has 0 saturated carbocycles. The fraction of sp³-hybridized carbons (Fsp3) is 0.222. The Bertz CT molecular complexity index is 810. The van der Waals surface area contributed by atoms with E-state index in [0.717, 1.165) is 5.69 Å². The van der Waals surface area contributed by atoms with Crippen molar-refractivity contribution in [2.24, 2.45) is 0 Å². The molecule has 1 aromatic carbocycles. The quantitative estimate of drug-likeness (QED) is 0.827. The van der Waals surface area contributed by atoms with Crippen molar-refractivity contribution in [1.82, 2.24) is 10.3 Å². The zero-order chi connectivity index (χ0) is 17.5. The van der Waals surface area contributed by atoms with Crippen molar-refractivity contribution < 1.29 is 13.9 Å². The number of rotatable bonds is 5. The van der Waals surface area contributed by atoms with E-state index in [-0.39, 0.29) is 30.3 Å². The number of carbonyl (C=O) groups excluding carboxylic acids is 1. The third-order valence-electron chi connectivity index (χ3n) is 3.27. The van der Waals surface area contributed by atoms with Gasteiger partial charge in [-0.05, 0) is 32.0 Å². The van der Waals surface area contributed by atoms with E-state index in [1.165, 1.54) is 6.07 Å². The average molecular weight is 327 g/mol. The maximum absolute atomic E-state index is 14.3. The van der Waals surface area contributed by atoms with Gasteiger partial charge in [-0.25, -0.2) is 9.37 Å². The first-order valence-electron chi connectivity index (χ1n) is 7.34. The van der Waals surface area contributed by atoms with Crippen LogP contribution in [0.4, 0.5) is 10.2 Å². The number of halogens is 1. The molecule has 0 fully saturated rings. The number of nitrogens with one attached hydrogen (secondary N) is 1. The Hall–Kier alpha value is -3.07. The van der Waals surface area contributed by atoms with E-state index in [2.05, 4.69) is 22.1 Å². The van der Waals surface area contributed by atoms with Crippen LogP contribution in [0, 0.1) is 24.6 Å². The number of hydrogen-bond acceptors (Lipinski definition) is 4. The second-order valence-electron chi connectivity index (χ2n) is 5.01. The molecule has 1 heterocycles. The molecule has 3 N–H and O–H groups in total. The number of pyridine rings is 1. The molecule has 0 radical (unpaired) electrons. The first-order chi connectivity index (χ1) is 11.5. The smallest absolute Gasteiger partial charge is 0.255 e. The van der Waals surface area contributed by atoms with Crippen molar-refractivity contribution in [3.63, 3.8) is 0 Å². The van der Waals surface area contributed by atoms with Crippen molar-refractivity contribution in [2.75, 3.05) is 12.3 Å². The average Bonchev–Trinajstić information content (AvgIpc) is 2.55. The van der Waals surface area contributed by atoms with Gasteiger partial charge in [-0.3, -0.25) is 4.79 Å². The monoisotopic (exact) mass is 327 g/mol. The van der Waals surface area contributed by atoms with E-state index in [4.69, 9.17) is 10.5 Å². The molecule has 124 valence electrons. The molecule has 24 heavy (non-hydrogen) atoms. The Kier molecular flexibility index (Phi) is 5.74. The minimum absolute atomic E-state index is 0.00857. The van der Waals surface area contributed by atoms with Gasteiger partial charge in [0, 0.05) is 17.8 Å². The van der Waals surface area contributed by atoms with Crippen molar-refractivity contribution in [1.29, 1.82) is 0 Å². The van der Waals surface area contributed by atoms with Gasteiger partial charge in [0.1, 0.15) is 12.4 Å². The molecular weight excluding hydrogens is 309 g/mol. The molecule has 0 spiro atoms. The van der Waals surface area contributed by atoms with Crippen LogP contribution in [0.2, 0.25) is 0 Å². The highest BCUT2D eigenvalue weighted by atomic mass is 19.1. The highest BCUT2D eigenvalue weighted by Crippen LogP contribution is 2.20. The first-order valence-corrected chi connectivity index (χ1v) is 7.34. The van der Waals surface area contributed by atoms with E-state index in [0.29, 0.717) is 5.56 Å². The number of nitrogens with zero attached hydrogens (tertiary/aromatic N) is 1. The largest absolute Gasteiger partial charge is 0.478 e. The topological polar surface area (TPSA) is 77.2 Å². The van der Waals surface area contributed by atoms with E-state index in [1.807, 2.05) is 0 Å². The maximum Gasteiger partial charge on any atom is 0.255 e. The summed E-state index contributed by atoms with van der Waals surface area (Å²) in [5.74, 6) is 4.67. The fourth-order valence-electron chi connectivity index (χ4n) is 2.03. The molecule has 6 heteroatoms. The second kappa shape index (κ2) is 7.97. The first kappa shape index (κ1) is 17.3. The third kappa shape index (κ3) is 4.23. The van der Waals surface area contributed by atoms with E-state index in [1.54, 1.807) is 38.1 Å². The van der Waals surface area contributed by atoms with Crippen LogP contribution in [0.5, 0.6) is 5.75 Å². The Morgan fingerprint density at radius 2 is 2.17 bits per heavy atom. The standard InChI is InChI=1S/C18H18FN3O2/c1-3-4-10-24-15-7-5-6-13(16(15)19)11-21-18(23)14-9-8-12(2)22-17(14)20/h5-9H,10-11H2,1-2H3,(H2,20,22)(H,21,23). The highest BCUT2D eigenvalue weighted by Gasteiger charge is 2.13. The number of hydrogen-bond donors (Lipinski definition) is 2. The number of aromatic nitrogens is 1. The zero-order valence-corrected chi connectivity index (χ0v) is 13.5. The van der Waals surface area contributed by atoms with Gasteiger partial charge in [0.25, 0.3) is 5.91 Å². The van der Waals surface area contributed by atoms with Crippen LogP contribution in [0.3, 0.4) is 0 Å². The molecule has 1 aromatic heterocycles. The Morgan fingerprint density at radius 3 is 2.88 bits per heavy atom. The molecule has 0 bridgehead atoms. The fourth-order valence-corrected chi connectivity index (χ4v) is 2.03. The number of amides is 1. The lowest BCUT2D eigenvalue weighted by Gasteiger charge is -2.10. The molecule has 2 aromatic rings. The van der Waals surface area contributed by atoms with Gasteiger partial charge < -0.3 is 15.8 Å². The van der Waals surface area contributed by atoms with Crippen molar-refractivity contribution >= 4 is 11.7 Å². The number of carbonyl (C=O) groups is 1. The van der Waals surface area contributed by atoms with Gasteiger partial charge in [0.05, 0.1) is 5.56 Å². The third-order valence-corrected chi connectivity index (χ3v) is 3.27. The lowest BCUT2D eigenvalue weighted by atomic mass is 10.1. The molecular formula is C18H18FN3O2. The summed E-state index contributed by atoms with van der Waals surface area (Å²) in [5, 5.41) is 2.63. The summed E-state index contributed by atoms with van der Waals surface area (Å²) in [6.07, 6.45) is 0. The summed E-state index contributed by atoms with van der Waals surface area (Å²) in [6, 6.07) is 8.02. The summed E-state index contributed by atoms with van der Waals surface area (Å²) < 4.78 is 19.6. The Labute approximate surface area is 140 Å². The SMILES string of the molecule is CC#CCOc1cccc(CNC(=O)c2ccc(C)nc2N)c1F. The Morgan fingerprint density at radius 1 is 1.38 bits per heavy atom. The summed E-state index contributed by atoms with van der Waals surface area (Å²) in [4.78, 5) is 16.2. The van der Waals surface area contributed by atoms with Crippen LogP contribution in [-0.4, -0.2) is 17.5 Å². The minimum Gasteiger partial charge on any atom is -0.478 e. The lowest BCUT2D eigenvalue weighted by Crippen LogP contribution is -2.24. The maximum atomic E-state index is 14.3. The molecule has 5 nitrogen and oxygen atoms in total. The van der Waals surface area contributed by atoms with Gasteiger partial charge >= 0.3 is 0 Å². The number of benzene rings is 1.